The first-order valence-corrected chi connectivity index (χ1v) is 16.8. The molecule has 0 N–H and O–H groups in total. The third kappa shape index (κ3) is 2.93. The largest absolute Gasteiger partial charge is 0.0888 e. The zero-order valence-corrected chi connectivity index (χ0v) is 25.7. The van der Waals surface area contributed by atoms with Gasteiger partial charge in [-0.15, -0.1) is 0 Å². The summed E-state index contributed by atoms with van der Waals surface area (Å²) in [6.07, 6.45) is 0. The fourth-order valence-corrected chi connectivity index (χ4v) is 10.1. The number of fused-ring (bicyclic) bond motifs is 14. The summed E-state index contributed by atoms with van der Waals surface area (Å²) in [5, 5.41) is 5.30. The minimum Gasteiger partial charge on any atom is -0.0888 e. The summed E-state index contributed by atoms with van der Waals surface area (Å²) in [4.78, 5) is 2.66. The van der Waals surface area contributed by atoms with Gasteiger partial charge >= 0.3 is 0 Å². The maximum Gasteiger partial charge on any atom is 0.0737 e. The third-order valence-corrected chi connectivity index (χ3v) is 11.8. The molecule has 8 aromatic carbocycles. The van der Waals surface area contributed by atoms with Crippen molar-refractivity contribution in [3.8, 4) is 44.5 Å². The van der Waals surface area contributed by atoms with Gasteiger partial charge in [-0.3, -0.25) is 0 Å². The van der Waals surface area contributed by atoms with Crippen LogP contribution < -0.4 is 0 Å². The van der Waals surface area contributed by atoms with Crippen molar-refractivity contribution in [1.29, 1.82) is 0 Å². The molecule has 0 saturated carbocycles. The average molecular weight is 599 g/mol. The molecule has 0 amide bonds. The zero-order chi connectivity index (χ0) is 30.0. The van der Waals surface area contributed by atoms with Crippen LogP contribution in [0, 0.1) is 0 Å². The molecule has 0 nitrogen and oxygen atoms in total. The van der Waals surface area contributed by atoms with Crippen molar-refractivity contribution in [2.45, 2.75) is 15.2 Å². The van der Waals surface area contributed by atoms with Crippen molar-refractivity contribution in [1.82, 2.24) is 0 Å². The van der Waals surface area contributed by atoms with E-state index in [4.69, 9.17) is 0 Å². The highest BCUT2D eigenvalue weighted by Crippen LogP contribution is 2.66. The molecule has 1 heterocycles. The Bertz CT molecular complexity index is 2610. The van der Waals surface area contributed by atoms with Crippen LogP contribution in [0.3, 0.4) is 0 Å². The van der Waals surface area contributed by atoms with Gasteiger partial charge in [0.05, 0.1) is 5.41 Å². The van der Waals surface area contributed by atoms with Gasteiger partial charge in [-0.2, -0.15) is 0 Å². The number of hydrogen-bond acceptors (Lipinski definition) is 1. The Balaban J connectivity index is 1.31. The van der Waals surface area contributed by atoms with Crippen molar-refractivity contribution in [2.24, 2.45) is 0 Å². The molecule has 0 saturated heterocycles. The standard InChI is InChI=1S/C45H26S/c1-2-12-28-27(11-1)23-24-37-31-14-4-7-21-39(31)45(43(28)37)38-20-6-3-13-30(38)36-19-10-18-35(44(36)45)29-25-26-41-42-33(29)16-9-17-34(42)32-15-5-8-22-40(32)46-41/h1-26H. The molecule has 1 spiro atoms. The Morgan fingerprint density at radius 2 is 0.891 bits per heavy atom. The average Bonchev–Trinajstić information content (AvgIpc) is 3.60. The molecule has 212 valence electrons. The van der Waals surface area contributed by atoms with Crippen LogP contribution in [0.4, 0.5) is 0 Å². The van der Waals surface area contributed by atoms with E-state index in [1.54, 1.807) is 0 Å². The molecular formula is C45H26S. The number of rotatable bonds is 1. The molecule has 0 radical (unpaired) electrons. The van der Waals surface area contributed by atoms with Crippen molar-refractivity contribution in [2.75, 3.05) is 0 Å². The first-order valence-electron chi connectivity index (χ1n) is 16.0. The van der Waals surface area contributed by atoms with E-state index in [-0.39, 0.29) is 0 Å². The highest BCUT2D eigenvalue weighted by atomic mass is 32.2. The first kappa shape index (κ1) is 24.9. The van der Waals surface area contributed by atoms with E-state index >= 15 is 0 Å². The quantitative estimate of drug-likeness (QED) is 0.181. The third-order valence-electron chi connectivity index (χ3n) is 10.7. The smallest absolute Gasteiger partial charge is 0.0737 e. The molecule has 8 aromatic rings. The van der Waals surface area contributed by atoms with Crippen molar-refractivity contribution in [3.05, 3.63) is 180 Å². The summed E-state index contributed by atoms with van der Waals surface area (Å²) in [5.74, 6) is 0. The maximum atomic E-state index is 2.39. The van der Waals surface area contributed by atoms with E-state index in [1.165, 1.54) is 98.1 Å². The molecule has 1 heteroatoms. The lowest BCUT2D eigenvalue weighted by molar-refractivity contribution is 0.803. The highest BCUT2D eigenvalue weighted by Gasteiger charge is 2.53. The van der Waals surface area contributed by atoms with E-state index < -0.39 is 5.41 Å². The summed E-state index contributed by atoms with van der Waals surface area (Å²) < 4.78 is 0. The summed E-state index contributed by atoms with van der Waals surface area (Å²) in [6.45, 7) is 0. The second-order valence-corrected chi connectivity index (χ2v) is 13.8. The summed E-state index contributed by atoms with van der Waals surface area (Å²) >= 11 is 1.90. The Labute approximate surface area is 272 Å². The molecule has 1 atom stereocenters. The molecular weight excluding hydrogens is 573 g/mol. The van der Waals surface area contributed by atoms with Crippen LogP contribution in [0.1, 0.15) is 22.3 Å². The lowest BCUT2D eigenvalue weighted by Crippen LogP contribution is -2.27. The fourth-order valence-electron chi connectivity index (χ4n) is 9.02. The molecule has 0 aromatic heterocycles. The van der Waals surface area contributed by atoms with E-state index in [0.717, 1.165) is 0 Å². The lowest BCUT2D eigenvalue weighted by atomic mass is 9.67. The number of benzene rings is 8. The van der Waals surface area contributed by atoms with Gasteiger partial charge in [0, 0.05) is 15.2 Å². The number of hydrogen-bond donors (Lipinski definition) is 0. The minimum absolute atomic E-state index is 0.434. The van der Waals surface area contributed by atoms with Gasteiger partial charge in [-0.05, 0) is 95.1 Å². The Hall–Kier alpha value is -5.37. The van der Waals surface area contributed by atoms with Crippen molar-refractivity contribution >= 4 is 33.3 Å². The second-order valence-electron chi connectivity index (χ2n) is 12.7. The summed E-state index contributed by atoms with van der Waals surface area (Å²) in [5.41, 5.74) is 15.8. The van der Waals surface area contributed by atoms with E-state index in [0.29, 0.717) is 0 Å². The van der Waals surface area contributed by atoms with Crippen LogP contribution in [0.2, 0.25) is 0 Å². The van der Waals surface area contributed by atoms with Crippen LogP contribution in [0.25, 0.3) is 66.1 Å². The van der Waals surface area contributed by atoms with Crippen molar-refractivity contribution < 1.29 is 0 Å². The van der Waals surface area contributed by atoms with E-state index in [9.17, 15) is 0 Å². The van der Waals surface area contributed by atoms with Gasteiger partial charge in [-0.1, -0.05) is 157 Å². The molecule has 0 bridgehead atoms. The zero-order valence-electron chi connectivity index (χ0n) is 24.9. The normalized spacial score (nSPS) is 16.3. The minimum atomic E-state index is -0.434. The molecule has 1 unspecified atom stereocenters. The second kappa shape index (κ2) is 8.88. The van der Waals surface area contributed by atoms with Gasteiger partial charge in [-0.25, -0.2) is 0 Å². The van der Waals surface area contributed by atoms with Crippen LogP contribution in [-0.2, 0) is 5.41 Å². The Morgan fingerprint density at radius 1 is 0.326 bits per heavy atom. The molecule has 0 fully saturated rings. The van der Waals surface area contributed by atoms with Crippen LogP contribution in [-0.4, -0.2) is 0 Å². The molecule has 46 heavy (non-hydrogen) atoms. The molecule has 3 aliphatic rings. The summed E-state index contributed by atoms with van der Waals surface area (Å²) in [6, 6.07) is 59.4. The first-order chi connectivity index (χ1) is 22.8. The van der Waals surface area contributed by atoms with Gasteiger partial charge < -0.3 is 0 Å². The lowest BCUT2D eigenvalue weighted by Gasteiger charge is -2.33. The van der Waals surface area contributed by atoms with Crippen LogP contribution >= 0.6 is 11.8 Å². The molecule has 11 rings (SSSR count). The van der Waals surface area contributed by atoms with Gasteiger partial charge in [0.1, 0.15) is 0 Å². The molecule has 2 aliphatic carbocycles. The predicted octanol–water partition coefficient (Wildman–Crippen LogP) is 12.1. The van der Waals surface area contributed by atoms with Gasteiger partial charge in [0.15, 0.2) is 0 Å². The molecule has 1 aliphatic heterocycles. The Morgan fingerprint density at radius 3 is 1.72 bits per heavy atom. The van der Waals surface area contributed by atoms with Gasteiger partial charge in [0.25, 0.3) is 0 Å². The highest BCUT2D eigenvalue weighted by molar-refractivity contribution is 7.99. The monoisotopic (exact) mass is 598 g/mol. The SMILES string of the molecule is c1ccc2c(c1)Sc1ccc(-c3cccc4c3C3(c5ccccc5-4)c4ccccc4-c4ccc5ccccc5c43)c3cccc-2c13. The van der Waals surface area contributed by atoms with Crippen LogP contribution in [0.15, 0.2) is 168 Å². The van der Waals surface area contributed by atoms with E-state index in [1.807, 2.05) is 11.8 Å². The Kier molecular flexibility index (Phi) is 4.80. The fraction of sp³-hybridized carbons (Fsp3) is 0.0222. The maximum absolute atomic E-state index is 2.39. The topological polar surface area (TPSA) is 0 Å². The van der Waals surface area contributed by atoms with Crippen LogP contribution in [0.5, 0.6) is 0 Å². The van der Waals surface area contributed by atoms with E-state index in [2.05, 4.69) is 158 Å². The predicted molar refractivity (Wildman–Crippen MR) is 193 cm³/mol. The summed E-state index contributed by atoms with van der Waals surface area (Å²) in [7, 11) is 0. The van der Waals surface area contributed by atoms with Crippen molar-refractivity contribution in [3.63, 3.8) is 0 Å². The van der Waals surface area contributed by atoms with Gasteiger partial charge in [0.2, 0.25) is 0 Å².